The third-order valence-corrected chi connectivity index (χ3v) is 5.11. The molecule has 0 saturated carbocycles. The van der Waals surface area contributed by atoms with Gasteiger partial charge in [-0.1, -0.05) is 44.0 Å². The highest BCUT2D eigenvalue weighted by atomic mass is 35.5. The van der Waals surface area contributed by atoms with Crippen LogP contribution in [0, 0.1) is 5.92 Å². The summed E-state index contributed by atoms with van der Waals surface area (Å²) in [5.74, 6) is 1.61. The third-order valence-electron chi connectivity index (χ3n) is 4.56. The number of aryl methyl sites for hydroxylation is 1. The van der Waals surface area contributed by atoms with Gasteiger partial charge in [-0.25, -0.2) is 4.98 Å². The Balaban J connectivity index is 2.19. The maximum atomic E-state index is 6.46. The number of anilines is 1. The highest BCUT2D eigenvalue weighted by molar-refractivity contribution is 6.36. The summed E-state index contributed by atoms with van der Waals surface area (Å²) in [6.07, 6.45) is 4.58. The number of fused-ring (bicyclic) bond motifs is 1. The van der Waals surface area contributed by atoms with Crippen molar-refractivity contribution in [2.75, 3.05) is 31.7 Å². The van der Waals surface area contributed by atoms with Gasteiger partial charge in [0.1, 0.15) is 11.5 Å². The van der Waals surface area contributed by atoms with Crippen molar-refractivity contribution < 1.29 is 4.74 Å². The number of imidazole rings is 1. The molecule has 5 nitrogen and oxygen atoms in total. The molecule has 0 radical (unpaired) electrons. The summed E-state index contributed by atoms with van der Waals surface area (Å²) in [5, 5.41) is 1.16. The van der Waals surface area contributed by atoms with Gasteiger partial charge in [0, 0.05) is 43.2 Å². The molecule has 0 amide bonds. The Kier molecular flexibility index (Phi) is 6.81. The molecule has 1 aromatic carbocycles. The van der Waals surface area contributed by atoms with Crippen LogP contribution in [0.15, 0.2) is 30.6 Å². The van der Waals surface area contributed by atoms with Crippen LogP contribution in [0.1, 0.15) is 26.5 Å². The molecular formula is C21H26Cl2N4O. The summed E-state index contributed by atoms with van der Waals surface area (Å²) in [6, 6.07) is 5.45. The van der Waals surface area contributed by atoms with Crippen LogP contribution < -0.4 is 4.90 Å². The molecule has 150 valence electrons. The fourth-order valence-electron chi connectivity index (χ4n) is 3.38. The quantitative estimate of drug-likeness (QED) is 0.490. The van der Waals surface area contributed by atoms with E-state index in [0.717, 1.165) is 47.9 Å². The largest absolute Gasteiger partial charge is 0.383 e. The van der Waals surface area contributed by atoms with Crippen LogP contribution in [0.3, 0.4) is 0 Å². The summed E-state index contributed by atoms with van der Waals surface area (Å²) in [7, 11) is 1.73. The van der Waals surface area contributed by atoms with Gasteiger partial charge < -0.3 is 9.64 Å². The Morgan fingerprint density at radius 2 is 2.04 bits per heavy atom. The number of hydrogen-bond acceptors (Lipinski definition) is 4. The molecule has 3 aromatic rings. The normalized spacial score (nSPS) is 11.5. The molecule has 2 aromatic heterocycles. The molecule has 0 fully saturated rings. The number of halogens is 2. The fourth-order valence-corrected chi connectivity index (χ4v) is 3.88. The number of nitrogens with zero attached hydrogens (tertiary/aromatic N) is 4. The van der Waals surface area contributed by atoms with Crippen molar-refractivity contribution >= 4 is 34.7 Å². The predicted octanol–water partition coefficient (Wildman–Crippen LogP) is 5.37. The van der Waals surface area contributed by atoms with E-state index in [1.165, 1.54) is 0 Å². The first-order valence-electron chi connectivity index (χ1n) is 9.51. The molecule has 0 saturated heterocycles. The Morgan fingerprint density at radius 1 is 1.25 bits per heavy atom. The molecule has 2 heterocycles. The summed E-state index contributed by atoms with van der Waals surface area (Å²) in [4.78, 5) is 11.9. The minimum Gasteiger partial charge on any atom is -0.383 e. The van der Waals surface area contributed by atoms with Crippen LogP contribution in [-0.4, -0.2) is 41.2 Å². The SMILES string of the molecule is CCc1nc2c(-c3ccc(Cl)cc3Cl)nccn2c1N(CCOC)CC(C)C. The smallest absolute Gasteiger partial charge is 0.165 e. The van der Waals surface area contributed by atoms with E-state index in [-0.39, 0.29) is 0 Å². The van der Waals surface area contributed by atoms with E-state index in [1.54, 1.807) is 19.4 Å². The number of methoxy groups -OCH3 is 1. The molecule has 0 spiro atoms. The van der Waals surface area contributed by atoms with Crippen LogP contribution in [-0.2, 0) is 11.2 Å². The molecule has 0 unspecified atom stereocenters. The van der Waals surface area contributed by atoms with E-state index < -0.39 is 0 Å². The van der Waals surface area contributed by atoms with Crippen molar-refractivity contribution in [2.24, 2.45) is 5.92 Å². The lowest BCUT2D eigenvalue weighted by Gasteiger charge is -2.26. The minimum atomic E-state index is 0.513. The third kappa shape index (κ3) is 4.27. The van der Waals surface area contributed by atoms with E-state index in [4.69, 9.17) is 32.9 Å². The summed E-state index contributed by atoms with van der Waals surface area (Å²) in [5.41, 5.74) is 3.41. The van der Waals surface area contributed by atoms with Crippen molar-refractivity contribution in [2.45, 2.75) is 27.2 Å². The first-order chi connectivity index (χ1) is 13.5. The highest BCUT2D eigenvalue weighted by Crippen LogP contribution is 2.34. The number of aromatic nitrogens is 3. The van der Waals surface area contributed by atoms with Crippen molar-refractivity contribution in [1.82, 2.24) is 14.4 Å². The Labute approximate surface area is 176 Å². The second kappa shape index (κ2) is 9.12. The van der Waals surface area contributed by atoms with Gasteiger partial charge in [-0.2, -0.15) is 0 Å². The Morgan fingerprint density at radius 3 is 2.68 bits per heavy atom. The lowest BCUT2D eigenvalue weighted by molar-refractivity contribution is 0.204. The van der Waals surface area contributed by atoms with E-state index in [2.05, 4.69) is 35.1 Å². The second-order valence-corrected chi connectivity index (χ2v) is 8.01. The zero-order valence-electron chi connectivity index (χ0n) is 16.7. The minimum absolute atomic E-state index is 0.513. The number of benzene rings is 1. The van der Waals surface area contributed by atoms with Crippen LogP contribution in [0.5, 0.6) is 0 Å². The Bertz CT molecular complexity index is 955. The van der Waals surface area contributed by atoms with Crippen LogP contribution in [0.2, 0.25) is 10.0 Å². The first kappa shape index (κ1) is 20.9. The number of rotatable bonds is 8. The molecule has 28 heavy (non-hydrogen) atoms. The van der Waals surface area contributed by atoms with E-state index >= 15 is 0 Å². The van der Waals surface area contributed by atoms with Crippen LogP contribution in [0.4, 0.5) is 5.82 Å². The maximum absolute atomic E-state index is 6.46. The lowest BCUT2D eigenvalue weighted by atomic mass is 10.1. The molecule has 7 heteroatoms. The Hall–Kier alpha value is -1.82. The molecule has 0 aliphatic rings. The van der Waals surface area contributed by atoms with E-state index in [9.17, 15) is 0 Å². The molecular weight excluding hydrogens is 395 g/mol. The summed E-state index contributed by atoms with van der Waals surface area (Å²) >= 11 is 12.5. The van der Waals surface area contributed by atoms with Gasteiger partial charge >= 0.3 is 0 Å². The highest BCUT2D eigenvalue weighted by Gasteiger charge is 2.21. The van der Waals surface area contributed by atoms with Gasteiger partial charge in [0.2, 0.25) is 0 Å². The van der Waals surface area contributed by atoms with E-state index in [1.807, 2.05) is 18.3 Å². The number of ether oxygens (including phenoxy) is 1. The number of hydrogen-bond donors (Lipinski definition) is 0. The zero-order valence-corrected chi connectivity index (χ0v) is 18.3. The van der Waals surface area contributed by atoms with E-state index in [0.29, 0.717) is 22.6 Å². The first-order valence-corrected chi connectivity index (χ1v) is 10.3. The predicted molar refractivity (Wildman–Crippen MR) is 117 cm³/mol. The van der Waals surface area contributed by atoms with Gasteiger partial charge in [0.05, 0.1) is 17.3 Å². The lowest BCUT2D eigenvalue weighted by Crippen LogP contribution is -2.32. The maximum Gasteiger partial charge on any atom is 0.165 e. The molecule has 0 N–H and O–H groups in total. The zero-order chi connectivity index (χ0) is 20.3. The van der Waals surface area contributed by atoms with Crippen LogP contribution >= 0.6 is 23.2 Å². The monoisotopic (exact) mass is 420 g/mol. The van der Waals surface area contributed by atoms with Gasteiger partial charge in [-0.3, -0.25) is 9.38 Å². The molecule has 0 aliphatic heterocycles. The topological polar surface area (TPSA) is 42.7 Å². The van der Waals surface area contributed by atoms with Crippen molar-refractivity contribution in [3.05, 3.63) is 46.3 Å². The van der Waals surface area contributed by atoms with Crippen molar-refractivity contribution in [3.8, 4) is 11.3 Å². The summed E-state index contributed by atoms with van der Waals surface area (Å²) in [6.45, 7) is 8.93. The van der Waals surface area contributed by atoms with Gasteiger partial charge in [-0.05, 0) is 30.5 Å². The fraction of sp³-hybridized carbons (Fsp3) is 0.429. The van der Waals surface area contributed by atoms with Crippen LogP contribution in [0.25, 0.3) is 16.9 Å². The van der Waals surface area contributed by atoms with Gasteiger partial charge in [0.25, 0.3) is 0 Å². The molecule has 0 bridgehead atoms. The van der Waals surface area contributed by atoms with Gasteiger partial charge in [0.15, 0.2) is 5.65 Å². The molecule has 0 atom stereocenters. The van der Waals surface area contributed by atoms with Crippen molar-refractivity contribution in [3.63, 3.8) is 0 Å². The average Bonchev–Trinajstić information content (AvgIpc) is 3.04. The molecule has 3 rings (SSSR count). The average molecular weight is 421 g/mol. The second-order valence-electron chi connectivity index (χ2n) is 7.16. The standard InChI is InChI=1S/C21H26Cl2N4O/c1-5-18-21(26(10-11-28-4)13-14(2)3)27-9-8-24-19(20(27)25-18)16-7-6-15(22)12-17(16)23/h6-9,12,14H,5,10-11,13H2,1-4H3. The summed E-state index contributed by atoms with van der Waals surface area (Å²) < 4.78 is 7.46. The van der Waals surface area contributed by atoms with Gasteiger partial charge in [-0.15, -0.1) is 0 Å². The molecule has 0 aliphatic carbocycles. The van der Waals surface area contributed by atoms with Crippen molar-refractivity contribution in [1.29, 1.82) is 0 Å².